The number of rotatable bonds is 5. The summed E-state index contributed by atoms with van der Waals surface area (Å²) in [6.07, 6.45) is 0.978. The van der Waals surface area contributed by atoms with Crippen LogP contribution in [0.5, 0.6) is 11.5 Å². The molecule has 2 aliphatic rings. The van der Waals surface area contributed by atoms with Crippen LogP contribution in [0.25, 0.3) is 0 Å². The van der Waals surface area contributed by atoms with Crippen molar-refractivity contribution in [2.24, 2.45) is 0 Å². The normalized spacial score (nSPS) is 15.7. The molecule has 0 atom stereocenters. The highest BCUT2D eigenvalue weighted by Crippen LogP contribution is 2.32. The Labute approximate surface area is 156 Å². The first-order chi connectivity index (χ1) is 13.2. The molecule has 1 N–H and O–H groups in total. The fraction of sp³-hybridized carbons (Fsp3) is 0.300. The van der Waals surface area contributed by atoms with Gasteiger partial charge in [0.25, 0.3) is 5.91 Å². The van der Waals surface area contributed by atoms with E-state index >= 15 is 0 Å². The van der Waals surface area contributed by atoms with E-state index < -0.39 is 0 Å². The lowest BCUT2D eigenvalue weighted by atomic mass is 10.1. The Kier molecular flexibility index (Phi) is 4.93. The maximum absolute atomic E-state index is 12.2. The lowest BCUT2D eigenvalue weighted by Crippen LogP contribution is -2.41. The average Bonchev–Trinajstić information content (AvgIpc) is 3.15. The number of hydrogen-bond donors (Lipinski definition) is 1. The van der Waals surface area contributed by atoms with E-state index in [1.807, 2.05) is 30.3 Å². The van der Waals surface area contributed by atoms with Crippen LogP contribution in [0.4, 0.5) is 11.4 Å². The molecule has 2 aromatic carbocycles. The van der Waals surface area contributed by atoms with Gasteiger partial charge < -0.3 is 24.4 Å². The second-order valence-electron chi connectivity index (χ2n) is 6.38. The lowest BCUT2D eigenvalue weighted by Gasteiger charge is -2.26. The van der Waals surface area contributed by atoms with Gasteiger partial charge in [-0.2, -0.15) is 0 Å². The van der Waals surface area contributed by atoms with Gasteiger partial charge in [0, 0.05) is 24.3 Å². The highest BCUT2D eigenvalue weighted by molar-refractivity contribution is 5.95. The average molecular weight is 368 g/mol. The van der Waals surface area contributed by atoms with Gasteiger partial charge in [-0.1, -0.05) is 6.07 Å². The Morgan fingerprint density at radius 3 is 2.70 bits per heavy atom. The molecule has 0 spiro atoms. The van der Waals surface area contributed by atoms with Gasteiger partial charge >= 0.3 is 0 Å². The number of hydrogen-bond acceptors (Lipinski definition) is 5. The minimum atomic E-state index is -0.0668. The summed E-state index contributed by atoms with van der Waals surface area (Å²) in [7, 11) is 0. The zero-order valence-electron chi connectivity index (χ0n) is 14.8. The number of carbonyl (C=O) groups excluding carboxylic acids is 2. The van der Waals surface area contributed by atoms with E-state index in [4.69, 9.17) is 14.2 Å². The Morgan fingerprint density at radius 2 is 1.89 bits per heavy atom. The largest absolute Gasteiger partial charge is 0.454 e. The van der Waals surface area contributed by atoms with E-state index in [2.05, 4.69) is 5.32 Å². The molecule has 0 radical (unpaired) electrons. The molecule has 2 aliphatic heterocycles. The summed E-state index contributed by atoms with van der Waals surface area (Å²) in [5.74, 6) is 1.34. The predicted molar refractivity (Wildman–Crippen MR) is 99.1 cm³/mol. The number of fused-ring (bicyclic) bond motifs is 1. The van der Waals surface area contributed by atoms with E-state index in [9.17, 15) is 9.59 Å². The summed E-state index contributed by atoms with van der Waals surface area (Å²) in [5, 5.41) is 2.88. The third kappa shape index (κ3) is 4.03. The summed E-state index contributed by atoms with van der Waals surface area (Å²) in [6, 6.07) is 13.0. The first-order valence-electron chi connectivity index (χ1n) is 8.85. The lowest BCUT2D eigenvalue weighted by molar-refractivity contribution is -0.125. The molecular weight excluding hydrogens is 348 g/mol. The monoisotopic (exact) mass is 368 g/mol. The van der Waals surface area contributed by atoms with Crippen molar-refractivity contribution in [3.8, 4) is 11.5 Å². The van der Waals surface area contributed by atoms with Gasteiger partial charge in [-0.25, -0.2) is 0 Å². The fourth-order valence-corrected chi connectivity index (χ4v) is 3.09. The summed E-state index contributed by atoms with van der Waals surface area (Å²) in [5.41, 5.74) is 2.53. The minimum Gasteiger partial charge on any atom is -0.454 e. The highest BCUT2D eigenvalue weighted by Gasteiger charge is 2.20. The molecular formula is C20H20N2O5. The molecule has 2 amide bonds. The number of nitrogens with one attached hydrogen (secondary N) is 1. The van der Waals surface area contributed by atoms with E-state index in [0.29, 0.717) is 31.7 Å². The maximum atomic E-state index is 12.2. The number of ether oxygens (including phenoxy) is 3. The van der Waals surface area contributed by atoms with Gasteiger partial charge in [-0.15, -0.1) is 0 Å². The van der Waals surface area contributed by atoms with Crippen LogP contribution in [0, 0.1) is 0 Å². The molecule has 140 valence electrons. The molecule has 0 unspecified atom stereocenters. The molecule has 2 aromatic rings. The van der Waals surface area contributed by atoms with Crippen LogP contribution in [-0.2, 0) is 20.7 Å². The Bertz CT molecular complexity index is 850. The van der Waals surface area contributed by atoms with Gasteiger partial charge in [0.2, 0.25) is 12.7 Å². The van der Waals surface area contributed by atoms with Crippen LogP contribution in [0.15, 0.2) is 42.5 Å². The summed E-state index contributed by atoms with van der Waals surface area (Å²) >= 11 is 0. The van der Waals surface area contributed by atoms with Crippen molar-refractivity contribution < 1.29 is 23.8 Å². The van der Waals surface area contributed by atoms with Crippen molar-refractivity contribution in [2.45, 2.75) is 12.8 Å². The van der Waals surface area contributed by atoms with Crippen LogP contribution >= 0.6 is 0 Å². The van der Waals surface area contributed by atoms with Crippen molar-refractivity contribution in [3.63, 3.8) is 0 Å². The molecule has 7 nitrogen and oxygen atoms in total. The van der Waals surface area contributed by atoms with E-state index in [0.717, 1.165) is 22.7 Å². The molecule has 0 saturated carbocycles. The third-order valence-corrected chi connectivity index (χ3v) is 4.53. The zero-order valence-corrected chi connectivity index (χ0v) is 14.8. The molecule has 27 heavy (non-hydrogen) atoms. The van der Waals surface area contributed by atoms with Crippen LogP contribution in [0.3, 0.4) is 0 Å². The van der Waals surface area contributed by atoms with Crippen LogP contribution in [0.2, 0.25) is 0 Å². The SMILES string of the molecule is O=C(CCc1ccc2c(c1)OCO2)Nc1ccc(N2CCOCC2=O)cc1. The number of benzene rings is 2. The minimum absolute atomic E-state index is 0.0539. The first kappa shape index (κ1) is 17.4. The Balaban J connectivity index is 1.31. The third-order valence-electron chi connectivity index (χ3n) is 4.53. The van der Waals surface area contributed by atoms with E-state index in [1.54, 1.807) is 17.0 Å². The van der Waals surface area contributed by atoms with Crippen LogP contribution < -0.4 is 19.7 Å². The van der Waals surface area contributed by atoms with Crippen LogP contribution in [-0.4, -0.2) is 38.4 Å². The molecule has 0 aliphatic carbocycles. The van der Waals surface area contributed by atoms with Gasteiger partial charge in [0.1, 0.15) is 6.61 Å². The zero-order chi connectivity index (χ0) is 18.6. The number of morpholine rings is 1. The highest BCUT2D eigenvalue weighted by atomic mass is 16.7. The Morgan fingerprint density at radius 1 is 1.07 bits per heavy atom. The number of aryl methyl sites for hydroxylation is 1. The molecule has 0 aromatic heterocycles. The van der Waals surface area contributed by atoms with Crippen LogP contribution in [0.1, 0.15) is 12.0 Å². The molecule has 7 heteroatoms. The van der Waals surface area contributed by atoms with Gasteiger partial charge in [0.05, 0.1) is 6.61 Å². The second kappa shape index (κ2) is 7.67. The van der Waals surface area contributed by atoms with Crippen molar-refractivity contribution in [1.82, 2.24) is 0 Å². The van der Waals surface area contributed by atoms with E-state index in [-0.39, 0.29) is 25.2 Å². The number of carbonyl (C=O) groups is 2. The molecule has 1 fully saturated rings. The predicted octanol–water partition coefficient (Wildman–Crippen LogP) is 2.35. The molecule has 0 bridgehead atoms. The quantitative estimate of drug-likeness (QED) is 0.877. The standard InChI is InChI=1S/C20H20N2O5/c23-19(8-2-14-1-7-17-18(11-14)27-13-26-17)21-15-3-5-16(6-4-15)22-9-10-25-12-20(22)24/h1,3-7,11H,2,8-10,12-13H2,(H,21,23). The van der Waals surface area contributed by atoms with Crippen molar-refractivity contribution in [3.05, 3.63) is 48.0 Å². The first-order valence-corrected chi connectivity index (χ1v) is 8.85. The topological polar surface area (TPSA) is 77.1 Å². The summed E-state index contributed by atoms with van der Waals surface area (Å²) < 4.78 is 15.8. The molecule has 1 saturated heterocycles. The Hall–Kier alpha value is -3.06. The molecule has 2 heterocycles. The van der Waals surface area contributed by atoms with Crippen molar-refractivity contribution in [1.29, 1.82) is 0 Å². The number of amides is 2. The second-order valence-corrected chi connectivity index (χ2v) is 6.38. The molecule has 4 rings (SSSR count). The van der Waals surface area contributed by atoms with Gasteiger partial charge in [-0.05, 0) is 48.4 Å². The van der Waals surface area contributed by atoms with Gasteiger partial charge in [-0.3, -0.25) is 9.59 Å². The smallest absolute Gasteiger partial charge is 0.253 e. The van der Waals surface area contributed by atoms with Crippen molar-refractivity contribution in [2.75, 3.05) is 36.8 Å². The summed E-state index contributed by atoms with van der Waals surface area (Å²) in [4.78, 5) is 25.8. The van der Waals surface area contributed by atoms with Crippen molar-refractivity contribution >= 4 is 23.2 Å². The maximum Gasteiger partial charge on any atom is 0.253 e. The van der Waals surface area contributed by atoms with Gasteiger partial charge in [0.15, 0.2) is 11.5 Å². The summed E-state index contributed by atoms with van der Waals surface area (Å²) in [6.45, 7) is 1.42. The fourth-order valence-electron chi connectivity index (χ4n) is 3.09. The number of nitrogens with zero attached hydrogens (tertiary/aromatic N) is 1. The number of anilines is 2. The van der Waals surface area contributed by atoms with E-state index in [1.165, 1.54) is 0 Å².